The number of amides is 1. The van der Waals surface area contributed by atoms with Gasteiger partial charge in [0.1, 0.15) is 5.56 Å². The smallest absolute Gasteiger partial charge is 0.433 e. The van der Waals surface area contributed by atoms with Gasteiger partial charge >= 0.3 is 6.18 Å². The van der Waals surface area contributed by atoms with Gasteiger partial charge in [0, 0.05) is 14.1 Å². The Hall–Kier alpha value is -3.65. The van der Waals surface area contributed by atoms with Gasteiger partial charge in [-0.3, -0.25) is 10.1 Å². The molecule has 0 radical (unpaired) electrons. The third-order valence-corrected chi connectivity index (χ3v) is 3.85. The second-order valence-electron chi connectivity index (χ2n) is 5.79. The monoisotopic (exact) mass is 412 g/mol. The molecule has 3 rings (SSSR count). The third-order valence-electron chi connectivity index (χ3n) is 3.85. The number of ether oxygens (including phenoxy) is 1. The molecule has 29 heavy (non-hydrogen) atoms. The second-order valence-corrected chi connectivity index (χ2v) is 5.79. The van der Waals surface area contributed by atoms with Gasteiger partial charge in [-0.1, -0.05) is 12.0 Å². The van der Waals surface area contributed by atoms with E-state index in [1.165, 1.54) is 30.4 Å². The molecule has 0 aliphatic rings. The number of aryl methyl sites for hydroxylation is 3. The lowest BCUT2D eigenvalue weighted by Gasteiger charge is -2.16. The molecule has 0 bridgehead atoms. The molecule has 12 nitrogen and oxygen atoms in total. The third kappa shape index (κ3) is 4.27. The molecule has 0 spiro atoms. The predicted molar refractivity (Wildman–Crippen MR) is 88.5 cm³/mol. The summed E-state index contributed by atoms with van der Waals surface area (Å²) in [5, 5.41) is 23.6. The van der Waals surface area contributed by atoms with Crippen molar-refractivity contribution < 1.29 is 22.7 Å². The molecular formula is C14H15F3N10O2. The maximum atomic E-state index is 13.4. The summed E-state index contributed by atoms with van der Waals surface area (Å²) in [4.78, 5) is 16.2. The molecule has 0 atom stereocenters. The Morgan fingerprint density at radius 2 is 1.86 bits per heavy atom. The van der Waals surface area contributed by atoms with Crippen LogP contribution in [0.2, 0.25) is 0 Å². The van der Waals surface area contributed by atoms with Gasteiger partial charge in [-0.05, 0) is 38.9 Å². The average Bonchev–Trinajstić information content (AvgIpc) is 3.26. The number of carbonyl (C=O) groups excluding carboxylic acids is 1. The van der Waals surface area contributed by atoms with Crippen LogP contribution in [0.1, 0.15) is 34.4 Å². The summed E-state index contributed by atoms with van der Waals surface area (Å²) in [5.41, 5.74) is -1.51. The van der Waals surface area contributed by atoms with Gasteiger partial charge in [0.2, 0.25) is 11.8 Å². The molecule has 0 fully saturated rings. The lowest BCUT2D eigenvalue weighted by Crippen LogP contribution is -2.21. The highest BCUT2D eigenvalue weighted by atomic mass is 19.4. The number of anilines is 1. The zero-order valence-corrected chi connectivity index (χ0v) is 15.5. The van der Waals surface area contributed by atoms with Crippen molar-refractivity contribution in [3.8, 4) is 5.88 Å². The van der Waals surface area contributed by atoms with Crippen LogP contribution in [0.5, 0.6) is 5.88 Å². The minimum Gasteiger partial charge on any atom is -0.469 e. The second kappa shape index (κ2) is 7.76. The van der Waals surface area contributed by atoms with Gasteiger partial charge in [-0.25, -0.2) is 14.3 Å². The van der Waals surface area contributed by atoms with Crippen LogP contribution in [0, 0.1) is 0 Å². The summed E-state index contributed by atoms with van der Waals surface area (Å²) in [7, 11) is 3.01. The first-order valence-corrected chi connectivity index (χ1v) is 8.19. The van der Waals surface area contributed by atoms with E-state index in [1.54, 1.807) is 0 Å². The van der Waals surface area contributed by atoms with Crippen LogP contribution in [-0.4, -0.2) is 51.3 Å². The van der Waals surface area contributed by atoms with Gasteiger partial charge in [0.25, 0.3) is 5.91 Å². The number of tetrazole rings is 2. The molecule has 1 amide bonds. The quantitative estimate of drug-likeness (QED) is 0.614. The van der Waals surface area contributed by atoms with E-state index < -0.39 is 23.7 Å². The summed E-state index contributed by atoms with van der Waals surface area (Å²) in [5.74, 6) is -1.09. The number of rotatable bonds is 6. The highest BCUT2D eigenvalue weighted by Crippen LogP contribution is 2.34. The van der Waals surface area contributed by atoms with Crippen LogP contribution in [0.15, 0.2) is 6.07 Å². The fourth-order valence-corrected chi connectivity index (χ4v) is 2.33. The highest BCUT2D eigenvalue weighted by Gasteiger charge is 2.37. The van der Waals surface area contributed by atoms with Crippen molar-refractivity contribution in [3.05, 3.63) is 28.7 Å². The molecule has 0 saturated carbocycles. The van der Waals surface area contributed by atoms with Crippen LogP contribution in [0.3, 0.4) is 0 Å². The molecule has 3 heterocycles. The van der Waals surface area contributed by atoms with E-state index in [0.29, 0.717) is 0 Å². The van der Waals surface area contributed by atoms with Gasteiger partial charge in [0.05, 0.1) is 0 Å². The van der Waals surface area contributed by atoms with Crippen LogP contribution < -0.4 is 10.1 Å². The summed E-state index contributed by atoms with van der Waals surface area (Å²) >= 11 is 0. The number of halogens is 3. The fraction of sp³-hybridized carbons (Fsp3) is 0.429. The molecule has 0 saturated heterocycles. The molecule has 1 N–H and O–H groups in total. The van der Waals surface area contributed by atoms with E-state index in [1.807, 2.05) is 0 Å². The van der Waals surface area contributed by atoms with E-state index in [0.717, 1.165) is 6.07 Å². The maximum absolute atomic E-state index is 13.4. The van der Waals surface area contributed by atoms with Crippen molar-refractivity contribution in [3.63, 3.8) is 0 Å². The molecule has 3 aromatic rings. The SMILES string of the molecule is CCc1cc(C(=O)Nc2nnnn2C)c(OCc2nnnn2C)nc1C(F)(F)F. The maximum Gasteiger partial charge on any atom is 0.433 e. The van der Waals surface area contributed by atoms with E-state index in [-0.39, 0.29) is 35.9 Å². The van der Waals surface area contributed by atoms with Gasteiger partial charge in [-0.2, -0.15) is 13.2 Å². The lowest BCUT2D eigenvalue weighted by atomic mass is 10.1. The lowest BCUT2D eigenvalue weighted by molar-refractivity contribution is -0.142. The van der Waals surface area contributed by atoms with Crippen molar-refractivity contribution in [2.24, 2.45) is 14.1 Å². The molecule has 0 aromatic carbocycles. The van der Waals surface area contributed by atoms with Crippen molar-refractivity contribution in [1.29, 1.82) is 0 Å². The van der Waals surface area contributed by atoms with Crippen LogP contribution >= 0.6 is 0 Å². The Morgan fingerprint density at radius 1 is 1.17 bits per heavy atom. The Bertz CT molecular complexity index is 1030. The number of alkyl halides is 3. The van der Waals surface area contributed by atoms with Crippen molar-refractivity contribution in [1.82, 2.24) is 45.4 Å². The first kappa shape index (κ1) is 20.1. The minimum absolute atomic E-state index is 0.00112. The zero-order valence-electron chi connectivity index (χ0n) is 15.5. The van der Waals surface area contributed by atoms with Crippen LogP contribution in [-0.2, 0) is 33.3 Å². The largest absolute Gasteiger partial charge is 0.469 e. The molecular weight excluding hydrogens is 397 g/mol. The number of nitrogens with zero attached hydrogens (tertiary/aromatic N) is 9. The number of aromatic nitrogens is 9. The Morgan fingerprint density at radius 3 is 2.41 bits per heavy atom. The first-order chi connectivity index (χ1) is 13.7. The molecule has 154 valence electrons. The molecule has 15 heteroatoms. The topological polar surface area (TPSA) is 138 Å². The molecule has 0 unspecified atom stereocenters. The van der Waals surface area contributed by atoms with Crippen molar-refractivity contribution >= 4 is 11.9 Å². The fourth-order valence-electron chi connectivity index (χ4n) is 2.33. The summed E-state index contributed by atoms with van der Waals surface area (Å²) in [6, 6.07) is 1.08. The first-order valence-electron chi connectivity index (χ1n) is 8.19. The Labute approximate surface area is 161 Å². The van der Waals surface area contributed by atoms with Crippen molar-refractivity contribution in [2.75, 3.05) is 5.32 Å². The summed E-state index contributed by atoms with van der Waals surface area (Å²) < 4.78 is 48.0. The minimum atomic E-state index is -4.72. The standard InChI is InChI=1S/C14H15F3N10O2/c1-4-7-5-8(11(28)19-13-21-23-25-27(13)3)12(18-10(7)14(15,16)17)29-6-9-20-22-24-26(9)2/h5H,4,6H2,1-3H3,(H,19,21,25,28). The molecule has 0 aliphatic heterocycles. The zero-order chi connectivity index (χ0) is 21.2. The van der Waals surface area contributed by atoms with E-state index in [4.69, 9.17) is 4.74 Å². The van der Waals surface area contributed by atoms with Gasteiger partial charge in [0.15, 0.2) is 18.1 Å². The van der Waals surface area contributed by atoms with Gasteiger partial charge in [-0.15, -0.1) is 5.10 Å². The number of nitrogens with one attached hydrogen (secondary N) is 1. The summed E-state index contributed by atoms with van der Waals surface area (Å²) in [6.45, 7) is 1.22. The van der Waals surface area contributed by atoms with Crippen molar-refractivity contribution in [2.45, 2.75) is 26.1 Å². The summed E-state index contributed by atoms with van der Waals surface area (Å²) in [6.07, 6.45) is -4.72. The Balaban J connectivity index is 2.00. The van der Waals surface area contributed by atoms with Crippen LogP contribution in [0.25, 0.3) is 0 Å². The van der Waals surface area contributed by atoms with Crippen LogP contribution in [0.4, 0.5) is 19.1 Å². The number of hydrogen-bond donors (Lipinski definition) is 1. The van der Waals surface area contributed by atoms with E-state index >= 15 is 0 Å². The average molecular weight is 412 g/mol. The number of carbonyl (C=O) groups is 1. The number of pyridine rings is 1. The van der Waals surface area contributed by atoms with E-state index in [9.17, 15) is 18.0 Å². The molecule has 0 aliphatic carbocycles. The predicted octanol–water partition coefficient (Wildman–Crippen LogP) is 0.541. The Kier molecular flexibility index (Phi) is 5.38. The molecule has 3 aromatic heterocycles. The van der Waals surface area contributed by atoms with Gasteiger partial charge < -0.3 is 4.74 Å². The normalized spacial score (nSPS) is 11.5. The highest BCUT2D eigenvalue weighted by molar-refractivity contribution is 6.05. The van der Waals surface area contributed by atoms with E-state index in [2.05, 4.69) is 41.4 Å². The number of hydrogen-bond acceptors (Lipinski definition) is 9.